The van der Waals surface area contributed by atoms with Crippen LogP contribution in [0, 0.1) is 13.8 Å². The zero-order valence-electron chi connectivity index (χ0n) is 18.2. The molecule has 0 saturated carbocycles. The number of nitrogens with one attached hydrogen (secondary N) is 1. The molecule has 1 amide bonds. The number of hydrogen-bond acceptors (Lipinski definition) is 6. The Morgan fingerprint density at radius 3 is 2.50 bits per heavy atom. The van der Waals surface area contributed by atoms with E-state index in [0.717, 1.165) is 41.5 Å². The van der Waals surface area contributed by atoms with Crippen LogP contribution < -0.4 is 5.32 Å². The smallest absolute Gasteiger partial charge is 0.251 e. The lowest BCUT2D eigenvalue weighted by Crippen LogP contribution is -2.35. The average Bonchev–Trinajstić information content (AvgIpc) is 3.39. The number of benzene rings is 1. The normalized spacial score (nSPS) is 15.1. The van der Waals surface area contributed by atoms with E-state index in [1.807, 2.05) is 30.0 Å². The predicted molar refractivity (Wildman–Crippen MR) is 124 cm³/mol. The molecule has 0 atom stereocenters. The third-order valence-corrected chi connectivity index (χ3v) is 8.24. The summed E-state index contributed by atoms with van der Waals surface area (Å²) in [5, 5.41) is 10.1. The van der Waals surface area contributed by atoms with E-state index < -0.39 is 10.0 Å². The van der Waals surface area contributed by atoms with Crippen LogP contribution in [0.15, 0.2) is 40.6 Å². The number of carbonyl (C=O) groups excluding carboxylic acids is 1. The second kappa shape index (κ2) is 9.51. The second-order valence-electron chi connectivity index (χ2n) is 7.96. The molecule has 1 saturated heterocycles. The Kier molecular flexibility index (Phi) is 6.73. The van der Waals surface area contributed by atoms with Gasteiger partial charge < -0.3 is 5.32 Å². The van der Waals surface area contributed by atoms with Crippen LogP contribution in [0.2, 0.25) is 0 Å². The minimum Gasteiger partial charge on any atom is -0.352 e. The van der Waals surface area contributed by atoms with E-state index >= 15 is 0 Å². The molecule has 0 radical (unpaired) electrons. The molecule has 0 bridgehead atoms. The molecule has 4 rings (SSSR count). The Balaban J connectivity index is 1.32. The minimum absolute atomic E-state index is 0.232. The molecule has 10 heteroatoms. The molecule has 3 heterocycles. The molecule has 0 aliphatic carbocycles. The van der Waals surface area contributed by atoms with Gasteiger partial charge in [0.25, 0.3) is 5.91 Å². The minimum atomic E-state index is -3.49. The van der Waals surface area contributed by atoms with Gasteiger partial charge in [0.1, 0.15) is 0 Å². The molecule has 2 aromatic heterocycles. The Labute approximate surface area is 192 Å². The van der Waals surface area contributed by atoms with Crippen molar-refractivity contribution in [2.24, 2.45) is 0 Å². The lowest BCUT2D eigenvalue weighted by Gasteiger charge is -2.25. The average molecular weight is 474 g/mol. The zero-order chi connectivity index (χ0) is 22.7. The van der Waals surface area contributed by atoms with Gasteiger partial charge in [0.15, 0.2) is 0 Å². The monoisotopic (exact) mass is 473 g/mol. The van der Waals surface area contributed by atoms with Crippen LogP contribution in [-0.4, -0.2) is 53.0 Å². The van der Waals surface area contributed by atoms with Crippen molar-refractivity contribution in [3.05, 3.63) is 58.4 Å². The van der Waals surface area contributed by atoms with Crippen molar-refractivity contribution in [2.45, 2.75) is 44.4 Å². The van der Waals surface area contributed by atoms with Crippen LogP contribution >= 0.6 is 11.3 Å². The van der Waals surface area contributed by atoms with Crippen molar-refractivity contribution in [1.29, 1.82) is 0 Å². The summed E-state index contributed by atoms with van der Waals surface area (Å²) in [5.74, 6) is -0.235. The Morgan fingerprint density at radius 2 is 1.84 bits per heavy atom. The lowest BCUT2D eigenvalue weighted by molar-refractivity contribution is 0.0954. The highest BCUT2D eigenvalue weighted by Gasteiger charge is 2.25. The van der Waals surface area contributed by atoms with Gasteiger partial charge in [-0.05, 0) is 57.0 Å². The summed E-state index contributed by atoms with van der Waals surface area (Å²) in [4.78, 5) is 17.3. The molecule has 1 fully saturated rings. The van der Waals surface area contributed by atoms with E-state index in [9.17, 15) is 13.2 Å². The fraction of sp³-hybridized carbons (Fsp3) is 0.409. The zero-order valence-corrected chi connectivity index (χ0v) is 19.9. The maximum atomic E-state index is 12.7. The van der Waals surface area contributed by atoms with Crippen molar-refractivity contribution in [1.82, 2.24) is 24.4 Å². The Bertz CT molecular complexity index is 1190. The van der Waals surface area contributed by atoms with Gasteiger partial charge in [-0.15, -0.1) is 11.3 Å². The molecule has 170 valence electrons. The van der Waals surface area contributed by atoms with Crippen LogP contribution in [-0.2, 0) is 16.4 Å². The van der Waals surface area contributed by atoms with Gasteiger partial charge in [0.05, 0.1) is 16.3 Å². The first-order chi connectivity index (χ1) is 15.3. The molecule has 1 aromatic carbocycles. The highest BCUT2D eigenvalue weighted by Crippen LogP contribution is 2.21. The first-order valence-corrected chi connectivity index (χ1v) is 13.0. The number of amides is 1. The number of carbonyl (C=O) groups is 1. The van der Waals surface area contributed by atoms with Crippen LogP contribution in [0.1, 0.15) is 46.7 Å². The summed E-state index contributed by atoms with van der Waals surface area (Å²) in [6, 6.07) is 8.16. The first-order valence-electron chi connectivity index (χ1n) is 10.7. The van der Waals surface area contributed by atoms with Crippen molar-refractivity contribution in [2.75, 3.05) is 19.6 Å². The van der Waals surface area contributed by atoms with Crippen molar-refractivity contribution in [3.8, 4) is 5.13 Å². The van der Waals surface area contributed by atoms with Gasteiger partial charge in [-0.3, -0.25) is 4.79 Å². The van der Waals surface area contributed by atoms with E-state index in [2.05, 4.69) is 15.4 Å². The first kappa shape index (κ1) is 22.6. The van der Waals surface area contributed by atoms with Gasteiger partial charge in [-0.25, -0.2) is 18.1 Å². The molecule has 8 nitrogen and oxygen atoms in total. The van der Waals surface area contributed by atoms with Gasteiger partial charge in [-0.2, -0.15) is 9.40 Å². The molecule has 3 aromatic rings. The quantitative estimate of drug-likeness (QED) is 0.569. The molecule has 0 unspecified atom stereocenters. The van der Waals surface area contributed by atoms with Gasteiger partial charge in [-0.1, -0.05) is 6.42 Å². The fourth-order valence-electron chi connectivity index (χ4n) is 3.77. The maximum absolute atomic E-state index is 12.7. The third-order valence-electron chi connectivity index (χ3n) is 5.47. The van der Waals surface area contributed by atoms with Crippen molar-refractivity contribution in [3.63, 3.8) is 0 Å². The van der Waals surface area contributed by atoms with Crippen LogP contribution in [0.3, 0.4) is 0 Å². The molecular weight excluding hydrogens is 446 g/mol. The Hall–Kier alpha value is -2.56. The summed E-state index contributed by atoms with van der Waals surface area (Å²) in [6.45, 7) is 5.49. The number of sulfonamides is 1. The van der Waals surface area contributed by atoms with Gasteiger partial charge in [0, 0.05) is 42.7 Å². The molecule has 32 heavy (non-hydrogen) atoms. The van der Waals surface area contributed by atoms with E-state index in [-0.39, 0.29) is 10.8 Å². The van der Waals surface area contributed by atoms with Crippen molar-refractivity contribution >= 4 is 27.3 Å². The van der Waals surface area contributed by atoms with E-state index in [1.54, 1.807) is 12.1 Å². The van der Waals surface area contributed by atoms with Gasteiger partial charge in [0.2, 0.25) is 15.2 Å². The lowest BCUT2D eigenvalue weighted by atomic mass is 10.2. The van der Waals surface area contributed by atoms with Crippen LogP contribution in [0.5, 0.6) is 0 Å². The SMILES string of the molecule is Cc1cc(C)n(-c2nc(CCNC(=O)c3ccc(S(=O)(=O)N4CCCCC4)cc3)cs2)n1. The van der Waals surface area contributed by atoms with E-state index in [4.69, 9.17) is 0 Å². The molecule has 1 N–H and O–H groups in total. The van der Waals surface area contributed by atoms with E-state index in [1.165, 1.54) is 27.8 Å². The Morgan fingerprint density at radius 1 is 1.12 bits per heavy atom. The van der Waals surface area contributed by atoms with Crippen molar-refractivity contribution < 1.29 is 13.2 Å². The number of rotatable bonds is 7. The largest absolute Gasteiger partial charge is 0.352 e. The fourth-order valence-corrected chi connectivity index (χ4v) is 6.15. The van der Waals surface area contributed by atoms with E-state index in [0.29, 0.717) is 31.6 Å². The molecule has 1 aliphatic rings. The molecular formula is C22H27N5O3S2. The number of aromatic nitrogens is 3. The van der Waals surface area contributed by atoms with Crippen LogP contribution in [0.4, 0.5) is 0 Å². The highest BCUT2D eigenvalue weighted by molar-refractivity contribution is 7.89. The standard InChI is InChI=1S/C22H27N5O3S2/c1-16-14-17(2)27(25-16)22-24-19(15-31-22)10-11-23-21(28)18-6-8-20(9-7-18)32(29,30)26-12-4-3-5-13-26/h6-9,14-15H,3-5,10-13H2,1-2H3,(H,23,28). The highest BCUT2D eigenvalue weighted by atomic mass is 32.2. The third kappa shape index (κ3) is 4.92. The molecule has 1 aliphatic heterocycles. The maximum Gasteiger partial charge on any atom is 0.251 e. The van der Waals surface area contributed by atoms with Crippen LogP contribution in [0.25, 0.3) is 5.13 Å². The predicted octanol–water partition coefficient (Wildman–Crippen LogP) is 3.09. The number of aryl methyl sites for hydroxylation is 2. The number of piperidine rings is 1. The summed E-state index contributed by atoms with van der Waals surface area (Å²) in [6.07, 6.45) is 3.45. The summed E-state index contributed by atoms with van der Waals surface area (Å²) in [7, 11) is -3.49. The second-order valence-corrected chi connectivity index (χ2v) is 10.7. The number of nitrogens with zero attached hydrogens (tertiary/aromatic N) is 4. The van der Waals surface area contributed by atoms with Gasteiger partial charge >= 0.3 is 0 Å². The molecule has 0 spiro atoms. The summed E-state index contributed by atoms with van der Waals surface area (Å²) in [5.41, 5.74) is 3.30. The summed E-state index contributed by atoms with van der Waals surface area (Å²) < 4.78 is 28.8. The summed E-state index contributed by atoms with van der Waals surface area (Å²) >= 11 is 1.52. The number of hydrogen-bond donors (Lipinski definition) is 1. The topological polar surface area (TPSA) is 97.2 Å². The number of thiazole rings is 1.